The summed E-state index contributed by atoms with van der Waals surface area (Å²) in [6.45, 7) is 12.0. The molecular weight excluding hydrogens is 232 g/mol. The van der Waals surface area contributed by atoms with Gasteiger partial charge in [-0.15, -0.1) is 0 Å². The second kappa shape index (κ2) is 7.54. The summed E-state index contributed by atoms with van der Waals surface area (Å²) >= 11 is 0. The van der Waals surface area contributed by atoms with Gasteiger partial charge in [0.05, 0.1) is 0 Å². The first kappa shape index (κ1) is 16.0. The molecule has 0 spiro atoms. The Labute approximate surface area is 119 Å². The van der Waals surface area contributed by atoms with Crippen molar-refractivity contribution < 1.29 is 0 Å². The lowest BCUT2D eigenvalue weighted by atomic mass is 9.84. The van der Waals surface area contributed by atoms with Crippen molar-refractivity contribution in [2.45, 2.75) is 47.0 Å². The lowest BCUT2D eigenvalue weighted by Gasteiger charge is -2.27. The molecule has 2 nitrogen and oxygen atoms in total. The highest BCUT2D eigenvalue weighted by Gasteiger charge is 2.16. The van der Waals surface area contributed by atoms with E-state index in [4.69, 9.17) is 5.73 Å². The molecule has 1 aromatic carbocycles. The molecule has 0 aliphatic heterocycles. The minimum Gasteiger partial charge on any atom is -0.372 e. The van der Waals surface area contributed by atoms with E-state index >= 15 is 0 Å². The van der Waals surface area contributed by atoms with Crippen LogP contribution in [-0.4, -0.2) is 19.6 Å². The van der Waals surface area contributed by atoms with Crippen LogP contribution >= 0.6 is 0 Å². The quantitative estimate of drug-likeness (QED) is 0.768. The van der Waals surface area contributed by atoms with Crippen LogP contribution in [0.5, 0.6) is 0 Å². The van der Waals surface area contributed by atoms with Crippen molar-refractivity contribution in [3.05, 3.63) is 29.8 Å². The molecule has 0 aliphatic rings. The molecule has 0 unspecified atom stereocenters. The average Bonchev–Trinajstić information content (AvgIpc) is 2.36. The zero-order valence-electron chi connectivity index (χ0n) is 13.1. The lowest BCUT2D eigenvalue weighted by Crippen LogP contribution is -2.26. The number of anilines is 1. The average molecular weight is 262 g/mol. The Kier molecular flexibility index (Phi) is 6.36. The Morgan fingerprint density at radius 2 is 1.74 bits per heavy atom. The maximum atomic E-state index is 5.67. The minimum atomic E-state index is 0.376. The molecule has 0 saturated carbocycles. The Balaban J connectivity index is 2.47. The second-order valence-corrected chi connectivity index (χ2v) is 6.22. The monoisotopic (exact) mass is 262 g/mol. The van der Waals surface area contributed by atoms with E-state index in [0.29, 0.717) is 5.41 Å². The molecule has 0 bridgehead atoms. The molecule has 0 radical (unpaired) electrons. The molecule has 0 aromatic heterocycles. The van der Waals surface area contributed by atoms with Crippen LogP contribution < -0.4 is 10.6 Å². The maximum Gasteiger partial charge on any atom is 0.0366 e. The van der Waals surface area contributed by atoms with Crippen LogP contribution in [0.25, 0.3) is 0 Å². The van der Waals surface area contributed by atoms with Crippen LogP contribution in [-0.2, 0) is 0 Å². The number of benzene rings is 1. The molecular formula is C17H30N2. The Morgan fingerprint density at radius 3 is 2.26 bits per heavy atom. The molecule has 0 fully saturated rings. The number of rotatable bonds is 8. The van der Waals surface area contributed by atoms with Crippen molar-refractivity contribution in [3.63, 3.8) is 0 Å². The minimum absolute atomic E-state index is 0.376. The predicted molar refractivity (Wildman–Crippen MR) is 85.8 cm³/mol. The topological polar surface area (TPSA) is 29.3 Å². The molecule has 0 atom stereocenters. The van der Waals surface area contributed by atoms with Crippen molar-refractivity contribution in [3.8, 4) is 0 Å². The van der Waals surface area contributed by atoms with E-state index in [9.17, 15) is 0 Å². The fourth-order valence-electron chi connectivity index (χ4n) is 2.49. The van der Waals surface area contributed by atoms with Gasteiger partial charge in [-0.25, -0.2) is 0 Å². The van der Waals surface area contributed by atoms with Crippen LogP contribution in [0.1, 0.15) is 45.6 Å². The molecule has 1 rings (SSSR count). The maximum absolute atomic E-state index is 5.67. The molecule has 0 aliphatic carbocycles. The normalized spacial score (nSPS) is 11.6. The third-order valence-electron chi connectivity index (χ3n) is 3.88. The second-order valence-electron chi connectivity index (χ2n) is 6.22. The number of hydrogen-bond donors (Lipinski definition) is 1. The third-order valence-corrected chi connectivity index (χ3v) is 3.88. The van der Waals surface area contributed by atoms with Crippen LogP contribution in [0.2, 0.25) is 0 Å². The largest absolute Gasteiger partial charge is 0.372 e. The summed E-state index contributed by atoms with van der Waals surface area (Å²) in [7, 11) is 0. The summed E-state index contributed by atoms with van der Waals surface area (Å²) in [6, 6.07) is 8.83. The van der Waals surface area contributed by atoms with E-state index in [1.807, 2.05) is 0 Å². The standard InChI is InChI=1S/C17H30N2/c1-5-19(16-9-7-15(2)8-10-16)14-6-11-17(3,4)12-13-18/h7-10H,5-6,11-14,18H2,1-4H3. The van der Waals surface area contributed by atoms with Gasteiger partial charge in [0.2, 0.25) is 0 Å². The van der Waals surface area contributed by atoms with Crippen molar-refractivity contribution >= 4 is 5.69 Å². The summed E-state index contributed by atoms with van der Waals surface area (Å²) in [5, 5.41) is 0. The first-order chi connectivity index (χ1) is 8.98. The molecule has 0 saturated heterocycles. The molecule has 1 aromatic rings. The van der Waals surface area contributed by atoms with Crippen molar-refractivity contribution in [1.82, 2.24) is 0 Å². The Hall–Kier alpha value is -1.02. The summed E-state index contributed by atoms with van der Waals surface area (Å²) in [4.78, 5) is 2.46. The third kappa shape index (κ3) is 5.65. The lowest BCUT2D eigenvalue weighted by molar-refractivity contribution is 0.305. The van der Waals surface area contributed by atoms with Gasteiger partial charge in [-0.05, 0) is 57.2 Å². The van der Waals surface area contributed by atoms with Crippen molar-refractivity contribution in [2.75, 3.05) is 24.5 Å². The fraction of sp³-hybridized carbons (Fsp3) is 0.647. The van der Waals surface area contributed by atoms with Gasteiger partial charge < -0.3 is 10.6 Å². The van der Waals surface area contributed by atoms with Gasteiger partial charge in [0.25, 0.3) is 0 Å². The van der Waals surface area contributed by atoms with Crippen molar-refractivity contribution in [2.24, 2.45) is 11.1 Å². The van der Waals surface area contributed by atoms with E-state index in [1.165, 1.54) is 24.1 Å². The number of hydrogen-bond acceptors (Lipinski definition) is 2. The smallest absolute Gasteiger partial charge is 0.0366 e. The van der Waals surface area contributed by atoms with Crippen LogP contribution in [0.15, 0.2) is 24.3 Å². The van der Waals surface area contributed by atoms with Crippen LogP contribution in [0.4, 0.5) is 5.69 Å². The van der Waals surface area contributed by atoms with Gasteiger partial charge in [-0.1, -0.05) is 31.5 Å². The van der Waals surface area contributed by atoms with Crippen LogP contribution in [0, 0.1) is 12.3 Å². The highest BCUT2D eigenvalue weighted by molar-refractivity contribution is 5.47. The number of aryl methyl sites for hydroxylation is 1. The number of nitrogens with zero attached hydrogens (tertiary/aromatic N) is 1. The first-order valence-corrected chi connectivity index (χ1v) is 7.50. The Morgan fingerprint density at radius 1 is 1.11 bits per heavy atom. The molecule has 2 N–H and O–H groups in total. The summed E-state index contributed by atoms with van der Waals surface area (Å²) in [6.07, 6.45) is 3.59. The van der Waals surface area contributed by atoms with E-state index in [-0.39, 0.29) is 0 Å². The molecule has 2 heteroatoms. The summed E-state index contributed by atoms with van der Waals surface area (Å²) < 4.78 is 0. The van der Waals surface area contributed by atoms with Gasteiger partial charge in [-0.2, -0.15) is 0 Å². The first-order valence-electron chi connectivity index (χ1n) is 7.50. The molecule has 19 heavy (non-hydrogen) atoms. The van der Waals surface area contributed by atoms with E-state index in [2.05, 4.69) is 56.9 Å². The van der Waals surface area contributed by atoms with Gasteiger partial charge >= 0.3 is 0 Å². The fourth-order valence-corrected chi connectivity index (χ4v) is 2.49. The molecule has 108 valence electrons. The van der Waals surface area contributed by atoms with Crippen molar-refractivity contribution in [1.29, 1.82) is 0 Å². The molecule has 0 amide bonds. The SMILES string of the molecule is CCN(CCCC(C)(C)CCN)c1ccc(C)cc1. The predicted octanol–water partition coefficient (Wildman–Crippen LogP) is 3.98. The van der Waals surface area contributed by atoms with Gasteiger partial charge in [0.15, 0.2) is 0 Å². The number of nitrogens with two attached hydrogens (primary N) is 1. The highest BCUT2D eigenvalue weighted by Crippen LogP contribution is 2.26. The van der Waals surface area contributed by atoms with E-state index < -0.39 is 0 Å². The zero-order valence-corrected chi connectivity index (χ0v) is 13.1. The molecule has 0 heterocycles. The van der Waals surface area contributed by atoms with E-state index in [0.717, 1.165) is 26.1 Å². The Bertz CT molecular complexity index is 354. The van der Waals surface area contributed by atoms with Gasteiger partial charge in [0, 0.05) is 18.8 Å². The highest BCUT2D eigenvalue weighted by atomic mass is 15.1. The summed E-state index contributed by atoms with van der Waals surface area (Å²) in [5.74, 6) is 0. The van der Waals surface area contributed by atoms with Gasteiger partial charge in [0.1, 0.15) is 0 Å². The van der Waals surface area contributed by atoms with Gasteiger partial charge in [-0.3, -0.25) is 0 Å². The zero-order chi connectivity index (χ0) is 14.3. The van der Waals surface area contributed by atoms with Crippen LogP contribution in [0.3, 0.4) is 0 Å². The van der Waals surface area contributed by atoms with E-state index in [1.54, 1.807) is 0 Å². The summed E-state index contributed by atoms with van der Waals surface area (Å²) in [5.41, 5.74) is 8.70.